The third kappa shape index (κ3) is 7.08. The maximum Gasteiger partial charge on any atom is 0.00667 e. The smallest absolute Gasteiger partial charge is 0.00667 e. The van der Waals surface area contributed by atoms with Crippen LogP contribution in [0.25, 0.3) is 0 Å². The van der Waals surface area contributed by atoms with E-state index >= 15 is 0 Å². The van der Waals surface area contributed by atoms with Gasteiger partial charge in [-0.1, -0.05) is 54.4 Å². The highest BCUT2D eigenvalue weighted by molar-refractivity contribution is 4.82. The van der Waals surface area contributed by atoms with Crippen molar-refractivity contribution in [1.82, 2.24) is 4.90 Å². The maximum absolute atomic E-state index is 2.53. The van der Waals surface area contributed by atoms with Gasteiger partial charge in [0.2, 0.25) is 0 Å². The normalized spacial score (nSPS) is 28.6. The largest absolute Gasteiger partial charge is 0.303 e. The summed E-state index contributed by atoms with van der Waals surface area (Å²) in [4.78, 5) is 2.53. The van der Waals surface area contributed by atoms with Gasteiger partial charge in [0.1, 0.15) is 0 Å². The first-order valence-corrected chi connectivity index (χ1v) is 7.89. The van der Waals surface area contributed by atoms with Gasteiger partial charge in [0.15, 0.2) is 0 Å². The Hall–Kier alpha value is -0.0400. The summed E-state index contributed by atoms with van der Waals surface area (Å²) in [7, 11) is 2.28. The van der Waals surface area contributed by atoms with E-state index in [9.17, 15) is 0 Å². The minimum atomic E-state index is 0.804. The van der Waals surface area contributed by atoms with Crippen LogP contribution < -0.4 is 0 Å². The van der Waals surface area contributed by atoms with Crippen molar-refractivity contribution in [2.75, 3.05) is 13.6 Å². The van der Waals surface area contributed by atoms with Crippen molar-refractivity contribution in [3.05, 3.63) is 0 Å². The summed E-state index contributed by atoms with van der Waals surface area (Å²) in [6.07, 6.45) is 5.57. The molecule has 1 aliphatic rings. The zero-order valence-corrected chi connectivity index (χ0v) is 13.7. The molecule has 106 valence electrons. The summed E-state index contributed by atoms with van der Waals surface area (Å²) in [6.45, 7) is 16.4. The number of hydrogen-bond acceptors (Lipinski definition) is 1. The number of likely N-dealkylation sites (tertiary alicyclic amines) is 1. The van der Waals surface area contributed by atoms with Crippen molar-refractivity contribution in [2.45, 2.75) is 80.2 Å². The molecule has 1 rings (SSSR count). The highest BCUT2D eigenvalue weighted by atomic mass is 15.1. The summed E-state index contributed by atoms with van der Waals surface area (Å²) in [5.41, 5.74) is 0. The van der Waals surface area contributed by atoms with E-state index in [-0.39, 0.29) is 0 Å². The van der Waals surface area contributed by atoms with E-state index in [2.05, 4.69) is 32.7 Å². The Balaban J connectivity index is 0. The Morgan fingerprint density at radius 2 is 1.53 bits per heavy atom. The van der Waals surface area contributed by atoms with E-state index in [1.54, 1.807) is 0 Å². The molecule has 0 aromatic carbocycles. The van der Waals surface area contributed by atoms with Crippen LogP contribution in [0.3, 0.4) is 0 Å². The van der Waals surface area contributed by atoms with Crippen LogP contribution in [0.15, 0.2) is 0 Å². The highest BCUT2D eigenvalue weighted by Crippen LogP contribution is 2.31. The first kappa shape index (κ1) is 19.3. The molecule has 17 heavy (non-hydrogen) atoms. The molecule has 1 heteroatoms. The first-order chi connectivity index (χ1) is 8.19. The first-order valence-electron chi connectivity index (χ1n) is 7.89. The minimum absolute atomic E-state index is 0.804. The van der Waals surface area contributed by atoms with Crippen molar-refractivity contribution in [3.63, 3.8) is 0 Å². The second-order valence-electron chi connectivity index (χ2n) is 4.74. The van der Waals surface area contributed by atoms with Gasteiger partial charge in [0.25, 0.3) is 0 Å². The molecule has 1 heterocycles. The van der Waals surface area contributed by atoms with Crippen LogP contribution >= 0.6 is 0 Å². The summed E-state index contributed by atoms with van der Waals surface area (Å²) in [5.74, 6) is 1.96. The molecular formula is C16H37N. The average Bonchev–Trinajstić information content (AvgIpc) is 2.38. The van der Waals surface area contributed by atoms with E-state index in [1.807, 2.05) is 27.7 Å². The molecule has 0 bridgehead atoms. The number of piperidine rings is 1. The number of nitrogens with zero attached hydrogens (tertiary/aromatic N) is 1. The molecule has 3 atom stereocenters. The fourth-order valence-corrected chi connectivity index (χ4v) is 2.71. The van der Waals surface area contributed by atoms with Gasteiger partial charge in [-0.15, -0.1) is 0 Å². The fraction of sp³-hybridized carbons (Fsp3) is 1.00. The van der Waals surface area contributed by atoms with Crippen molar-refractivity contribution < 1.29 is 0 Å². The Morgan fingerprint density at radius 3 is 1.94 bits per heavy atom. The standard InChI is InChI=1S/C12H25N.2C2H6/c1-5-7-12-9-13(4)10(3)8-11(12)6-2;2*1-2/h10-12H,5-9H2,1-4H3;2*1-2H3. The van der Waals surface area contributed by atoms with Gasteiger partial charge in [-0.2, -0.15) is 0 Å². The molecule has 0 spiro atoms. The van der Waals surface area contributed by atoms with Crippen LogP contribution in [0.4, 0.5) is 0 Å². The Labute approximate surface area is 111 Å². The van der Waals surface area contributed by atoms with Crippen molar-refractivity contribution in [1.29, 1.82) is 0 Å². The molecule has 1 nitrogen and oxygen atoms in total. The van der Waals surface area contributed by atoms with Crippen molar-refractivity contribution in [2.24, 2.45) is 11.8 Å². The van der Waals surface area contributed by atoms with Crippen LogP contribution in [0.1, 0.15) is 74.1 Å². The molecule has 0 aromatic rings. The zero-order valence-electron chi connectivity index (χ0n) is 13.7. The molecule has 1 saturated heterocycles. The van der Waals surface area contributed by atoms with Gasteiger partial charge in [0, 0.05) is 12.6 Å². The van der Waals surface area contributed by atoms with Gasteiger partial charge in [-0.25, -0.2) is 0 Å². The van der Waals surface area contributed by atoms with E-state index in [1.165, 1.54) is 32.2 Å². The van der Waals surface area contributed by atoms with E-state index < -0.39 is 0 Å². The second-order valence-corrected chi connectivity index (χ2v) is 4.74. The predicted molar refractivity (Wildman–Crippen MR) is 81.6 cm³/mol. The van der Waals surface area contributed by atoms with E-state index in [0.717, 1.165) is 17.9 Å². The van der Waals surface area contributed by atoms with Crippen molar-refractivity contribution >= 4 is 0 Å². The summed E-state index contributed by atoms with van der Waals surface area (Å²) >= 11 is 0. The summed E-state index contributed by atoms with van der Waals surface area (Å²) in [6, 6.07) is 0.804. The molecule has 0 amide bonds. The lowest BCUT2D eigenvalue weighted by Crippen LogP contribution is -2.43. The van der Waals surface area contributed by atoms with Crippen LogP contribution in [0, 0.1) is 11.8 Å². The number of rotatable bonds is 3. The van der Waals surface area contributed by atoms with Crippen LogP contribution in [0.2, 0.25) is 0 Å². The van der Waals surface area contributed by atoms with Gasteiger partial charge in [-0.3, -0.25) is 0 Å². The van der Waals surface area contributed by atoms with Crippen LogP contribution in [-0.4, -0.2) is 24.5 Å². The lowest BCUT2D eigenvalue weighted by atomic mass is 9.78. The predicted octanol–water partition coefficient (Wildman–Crippen LogP) is 5.21. The van der Waals surface area contributed by atoms with Crippen LogP contribution in [0.5, 0.6) is 0 Å². The van der Waals surface area contributed by atoms with Crippen molar-refractivity contribution in [3.8, 4) is 0 Å². The molecule has 3 unspecified atom stereocenters. The lowest BCUT2D eigenvalue weighted by Gasteiger charge is -2.41. The monoisotopic (exact) mass is 243 g/mol. The SMILES string of the molecule is CC.CC.CCCC1CN(C)C(C)CC1CC. The fourth-order valence-electron chi connectivity index (χ4n) is 2.71. The minimum Gasteiger partial charge on any atom is -0.303 e. The zero-order chi connectivity index (χ0) is 13.8. The summed E-state index contributed by atoms with van der Waals surface area (Å²) < 4.78 is 0. The van der Waals surface area contributed by atoms with Crippen LogP contribution in [-0.2, 0) is 0 Å². The lowest BCUT2D eigenvalue weighted by molar-refractivity contribution is 0.0855. The van der Waals surface area contributed by atoms with Gasteiger partial charge >= 0.3 is 0 Å². The van der Waals surface area contributed by atoms with E-state index in [4.69, 9.17) is 0 Å². The van der Waals surface area contributed by atoms with Gasteiger partial charge < -0.3 is 4.90 Å². The van der Waals surface area contributed by atoms with Gasteiger partial charge in [-0.05, 0) is 38.6 Å². The third-order valence-electron chi connectivity index (χ3n) is 3.77. The molecule has 0 aromatic heterocycles. The molecule has 0 saturated carbocycles. The Morgan fingerprint density at radius 1 is 1.00 bits per heavy atom. The Kier molecular flexibility index (Phi) is 14.1. The molecule has 1 fully saturated rings. The molecular weight excluding hydrogens is 206 g/mol. The highest BCUT2D eigenvalue weighted by Gasteiger charge is 2.29. The third-order valence-corrected chi connectivity index (χ3v) is 3.77. The topological polar surface area (TPSA) is 3.24 Å². The van der Waals surface area contributed by atoms with E-state index in [0.29, 0.717) is 0 Å². The van der Waals surface area contributed by atoms with Gasteiger partial charge in [0.05, 0.1) is 0 Å². The molecule has 1 aliphatic heterocycles. The maximum atomic E-state index is 2.53. The molecule has 0 N–H and O–H groups in total. The average molecular weight is 243 g/mol. The second kappa shape index (κ2) is 12.4. The number of hydrogen-bond donors (Lipinski definition) is 0. The molecule has 0 aliphatic carbocycles. The molecule has 0 radical (unpaired) electrons. The quantitative estimate of drug-likeness (QED) is 0.658. The summed E-state index contributed by atoms with van der Waals surface area (Å²) in [5, 5.41) is 0. The Bertz CT molecular complexity index is 144.